The predicted molar refractivity (Wildman–Crippen MR) is 91.3 cm³/mol. The quantitative estimate of drug-likeness (QED) is 0.731. The minimum atomic E-state index is -0.234. The molecule has 1 amide bonds. The van der Waals surface area contributed by atoms with E-state index in [1.165, 1.54) is 0 Å². The molecule has 6 heteroatoms. The fraction of sp³-hybridized carbons (Fsp3) is 0.167. The first-order valence-corrected chi connectivity index (χ1v) is 7.61. The molecule has 24 heavy (non-hydrogen) atoms. The SMILES string of the molecule is Cc1c(NC(=O)COCc2ccccc2)n[nH]c1-c1ccncc1. The number of aromatic amines is 1. The molecule has 0 unspecified atom stereocenters. The van der Waals surface area contributed by atoms with E-state index in [0.717, 1.165) is 22.4 Å². The van der Waals surface area contributed by atoms with E-state index in [4.69, 9.17) is 4.74 Å². The Morgan fingerprint density at radius 3 is 2.67 bits per heavy atom. The van der Waals surface area contributed by atoms with Crippen LogP contribution in [-0.2, 0) is 16.1 Å². The molecular weight excluding hydrogens is 304 g/mol. The highest BCUT2D eigenvalue weighted by atomic mass is 16.5. The molecule has 0 bridgehead atoms. The predicted octanol–water partition coefficient (Wildman–Crippen LogP) is 2.94. The Balaban J connectivity index is 1.56. The van der Waals surface area contributed by atoms with E-state index in [9.17, 15) is 4.79 Å². The van der Waals surface area contributed by atoms with E-state index >= 15 is 0 Å². The molecule has 0 saturated carbocycles. The third-order valence-electron chi connectivity index (χ3n) is 3.58. The van der Waals surface area contributed by atoms with E-state index in [2.05, 4.69) is 20.5 Å². The minimum Gasteiger partial charge on any atom is -0.367 e. The Labute approximate surface area is 139 Å². The van der Waals surface area contributed by atoms with Gasteiger partial charge in [-0.15, -0.1) is 0 Å². The van der Waals surface area contributed by atoms with Crippen LogP contribution in [0.3, 0.4) is 0 Å². The lowest BCUT2D eigenvalue weighted by Gasteiger charge is -2.05. The Morgan fingerprint density at radius 2 is 1.92 bits per heavy atom. The second kappa shape index (κ2) is 7.52. The van der Waals surface area contributed by atoms with Gasteiger partial charge in [0.2, 0.25) is 0 Å². The summed E-state index contributed by atoms with van der Waals surface area (Å²) in [6.45, 7) is 2.28. The van der Waals surface area contributed by atoms with E-state index in [-0.39, 0.29) is 12.5 Å². The summed E-state index contributed by atoms with van der Waals surface area (Å²) >= 11 is 0. The number of carbonyl (C=O) groups is 1. The highest BCUT2D eigenvalue weighted by Gasteiger charge is 2.13. The molecule has 0 atom stereocenters. The number of anilines is 1. The topological polar surface area (TPSA) is 79.9 Å². The van der Waals surface area contributed by atoms with Crippen LogP contribution in [0.1, 0.15) is 11.1 Å². The van der Waals surface area contributed by atoms with Crippen LogP contribution in [0, 0.1) is 6.92 Å². The van der Waals surface area contributed by atoms with Gasteiger partial charge in [0.1, 0.15) is 6.61 Å². The Kier molecular flexibility index (Phi) is 4.98. The lowest BCUT2D eigenvalue weighted by atomic mass is 10.1. The summed E-state index contributed by atoms with van der Waals surface area (Å²) in [5, 5.41) is 9.87. The molecule has 1 aromatic carbocycles. The number of rotatable bonds is 6. The smallest absolute Gasteiger partial charge is 0.251 e. The normalized spacial score (nSPS) is 10.5. The fourth-order valence-electron chi connectivity index (χ4n) is 2.32. The Hall–Kier alpha value is -2.99. The molecule has 2 heterocycles. The number of hydrogen-bond acceptors (Lipinski definition) is 4. The van der Waals surface area contributed by atoms with Crippen LogP contribution in [0.5, 0.6) is 0 Å². The summed E-state index contributed by atoms with van der Waals surface area (Å²) < 4.78 is 5.43. The summed E-state index contributed by atoms with van der Waals surface area (Å²) in [5.74, 6) is 0.275. The fourth-order valence-corrected chi connectivity index (χ4v) is 2.32. The van der Waals surface area contributed by atoms with Crippen molar-refractivity contribution in [2.45, 2.75) is 13.5 Å². The summed E-state index contributed by atoms with van der Waals surface area (Å²) in [6.07, 6.45) is 3.43. The van der Waals surface area contributed by atoms with Crippen LogP contribution in [0.25, 0.3) is 11.3 Å². The summed E-state index contributed by atoms with van der Waals surface area (Å²) in [5.41, 5.74) is 3.73. The molecule has 3 aromatic rings. The summed E-state index contributed by atoms with van der Waals surface area (Å²) in [6, 6.07) is 13.5. The van der Waals surface area contributed by atoms with E-state index < -0.39 is 0 Å². The maximum Gasteiger partial charge on any atom is 0.251 e. The van der Waals surface area contributed by atoms with Gasteiger partial charge in [-0.25, -0.2) is 0 Å². The van der Waals surface area contributed by atoms with Crippen molar-refractivity contribution in [1.29, 1.82) is 0 Å². The molecule has 0 aliphatic carbocycles. The molecule has 2 aromatic heterocycles. The van der Waals surface area contributed by atoms with Gasteiger partial charge in [0.25, 0.3) is 5.91 Å². The van der Waals surface area contributed by atoms with E-state index in [0.29, 0.717) is 12.4 Å². The number of benzene rings is 1. The largest absolute Gasteiger partial charge is 0.367 e. The van der Waals surface area contributed by atoms with Gasteiger partial charge in [-0.1, -0.05) is 30.3 Å². The highest BCUT2D eigenvalue weighted by molar-refractivity contribution is 5.92. The third-order valence-corrected chi connectivity index (χ3v) is 3.58. The maximum absolute atomic E-state index is 12.0. The van der Waals surface area contributed by atoms with Crippen molar-refractivity contribution in [2.75, 3.05) is 11.9 Å². The van der Waals surface area contributed by atoms with Gasteiger partial charge < -0.3 is 10.1 Å². The lowest BCUT2D eigenvalue weighted by Crippen LogP contribution is -2.19. The Bertz CT molecular complexity index is 800. The number of pyridine rings is 1. The van der Waals surface area contributed by atoms with Gasteiger partial charge in [0.15, 0.2) is 5.82 Å². The first-order valence-electron chi connectivity index (χ1n) is 7.61. The number of aromatic nitrogens is 3. The van der Waals surface area contributed by atoms with Crippen molar-refractivity contribution in [2.24, 2.45) is 0 Å². The van der Waals surface area contributed by atoms with Crippen molar-refractivity contribution in [1.82, 2.24) is 15.2 Å². The number of hydrogen-bond donors (Lipinski definition) is 2. The molecule has 0 fully saturated rings. The molecule has 0 aliphatic rings. The average molecular weight is 322 g/mol. The molecule has 0 radical (unpaired) electrons. The van der Waals surface area contributed by atoms with Crippen LogP contribution in [0.15, 0.2) is 54.9 Å². The van der Waals surface area contributed by atoms with Crippen molar-refractivity contribution in [3.05, 3.63) is 66.0 Å². The highest BCUT2D eigenvalue weighted by Crippen LogP contribution is 2.25. The number of H-pyrrole nitrogens is 1. The zero-order valence-corrected chi connectivity index (χ0v) is 13.3. The van der Waals surface area contributed by atoms with Crippen LogP contribution in [-0.4, -0.2) is 27.7 Å². The monoisotopic (exact) mass is 322 g/mol. The summed E-state index contributed by atoms with van der Waals surface area (Å²) in [4.78, 5) is 16.0. The second-order valence-corrected chi connectivity index (χ2v) is 5.33. The van der Waals surface area contributed by atoms with Gasteiger partial charge in [-0.3, -0.25) is 14.9 Å². The van der Waals surface area contributed by atoms with Crippen LogP contribution in [0.4, 0.5) is 5.82 Å². The van der Waals surface area contributed by atoms with Crippen molar-refractivity contribution < 1.29 is 9.53 Å². The standard InChI is InChI=1S/C18H18N4O2/c1-13-17(15-7-9-19-10-8-15)21-22-18(13)20-16(23)12-24-11-14-5-3-2-4-6-14/h2-10H,11-12H2,1H3,(H2,20,21,22,23). The van der Waals surface area contributed by atoms with E-state index in [1.807, 2.05) is 49.4 Å². The summed E-state index contributed by atoms with van der Waals surface area (Å²) in [7, 11) is 0. The molecule has 122 valence electrons. The number of amides is 1. The van der Waals surface area contributed by atoms with Crippen molar-refractivity contribution in [3.63, 3.8) is 0 Å². The van der Waals surface area contributed by atoms with Crippen LogP contribution >= 0.6 is 0 Å². The maximum atomic E-state index is 12.0. The van der Waals surface area contributed by atoms with Gasteiger partial charge in [0.05, 0.1) is 12.3 Å². The molecular formula is C18H18N4O2. The lowest BCUT2D eigenvalue weighted by molar-refractivity contribution is -0.121. The minimum absolute atomic E-state index is 0.0220. The van der Waals surface area contributed by atoms with Gasteiger partial charge in [-0.2, -0.15) is 5.10 Å². The number of nitrogens with zero attached hydrogens (tertiary/aromatic N) is 2. The van der Waals surface area contributed by atoms with Gasteiger partial charge in [-0.05, 0) is 24.6 Å². The first-order chi connectivity index (χ1) is 11.7. The zero-order valence-electron chi connectivity index (χ0n) is 13.3. The zero-order chi connectivity index (χ0) is 16.8. The Morgan fingerprint density at radius 1 is 1.17 bits per heavy atom. The van der Waals surface area contributed by atoms with Crippen molar-refractivity contribution in [3.8, 4) is 11.3 Å². The van der Waals surface area contributed by atoms with Crippen LogP contribution < -0.4 is 5.32 Å². The molecule has 0 saturated heterocycles. The van der Waals surface area contributed by atoms with Crippen LogP contribution in [0.2, 0.25) is 0 Å². The molecule has 0 spiro atoms. The molecule has 6 nitrogen and oxygen atoms in total. The average Bonchev–Trinajstić information content (AvgIpc) is 2.97. The number of carbonyl (C=O) groups excluding carboxylic acids is 1. The van der Waals surface area contributed by atoms with E-state index in [1.54, 1.807) is 12.4 Å². The third kappa shape index (κ3) is 3.85. The molecule has 0 aliphatic heterocycles. The van der Waals surface area contributed by atoms with Crippen molar-refractivity contribution >= 4 is 11.7 Å². The van der Waals surface area contributed by atoms with Gasteiger partial charge in [0, 0.05) is 23.5 Å². The molecule has 2 N–H and O–H groups in total. The second-order valence-electron chi connectivity index (χ2n) is 5.33. The molecule has 3 rings (SSSR count). The first kappa shape index (κ1) is 15.9. The number of ether oxygens (including phenoxy) is 1. The number of nitrogens with one attached hydrogen (secondary N) is 2. The van der Waals surface area contributed by atoms with Gasteiger partial charge >= 0.3 is 0 Å².